The summed E-state index contributed by atoms with van der Waals surface area (Å²) >= 11 is 0. The second-order valence-electron chi connectivity index (χ2n) is 9.36. The zero-order valence-corrected chi connectivity index (χ0v) is 19.7. The third-order valence-electron chi connectivity index (χ3n) is 7.02. The molecule has 2 aromatic heterocycles. The van der Waals surface area contributed by atoms with Crippen LogP contribution >= 0.6 is 0 Å². The molecule has 3 heterocycles. The molecular formula is C32H21N3O. The number of fused-ring (bicyclic) bond motifs is 7. The first-order valence-electron chi connectivity index (χ1n) is 12.1. The van der Waals surface area contributed by atoms with Crippen molar-refractivity contribution in [2.75, 3.05) is 0 Å². The Morgan fingerprint density at radius 3 is 2.42 bits per heavy atom. The maximum Gasteiger partial charge on any atom is 0.136 e. The van der Waals surface area contributed by atoms with Crippen LogP contribution in [0.1, 0.15) is 19.0 Å². The van der Waals surface area contributed by atoms with E-state index in [1.54, 1.807) is 0 Å². The lowest BCUT2D eigenvalue weighted by Crippen LogP contribution is -2.11. The molecule has 170 valence electrons. The van der Waals surface area contributed by atoms with Crippen LogP contribution in [0.15, 0.2) is 100 Å². The summed E-state index contributed by atoms with van der Waals surface area (Å²) in [6, 6.07) is 31.6. The van der Waals surface area contributed by atoms with Crippen molar-refractivity contribution in [3.05, 3.63) is 96.7 Å². The number of nitriles is 1. The number of aliphatic imine (C=N–C) groups is 1. The van der Waals surface area contributed by atoms with Gasteiger partial charge in [-0.2, -0.15) is 5.26 Å². The van der Waals surface area contributed by atoms with Crippen molar-refractivity contribution in [2.45, 2.75) is 19.4 Å². The molecule has 0 spiro atoms. The fraction of sp³-hybridized carbons (Fsp3) is 0.0938. The number of rotatable bonds is 2. The molecule has 7 rings (SSSR count). The van der Waals surface area contributed by atoms with Gasteiger partial charge < -0.3 is 4.42 Å². The predicted molar refractivity (Wildman–Crippen MR) is 147 cm³/mol. The lowest BCUT2D eigenvalue weighted by atomic mass is 9.95. The highest BCUT2D eigenvalue weighted by molar-refractivity contribution is 6.28. The Morgan fingerprint density at radius 2 is 1.56 bits per heavy atom. The van der Waals surface area contributed by atoms with Crippen LogP contribution in [0.25, 0.3) is 60.3 Å². The first-order chi connectivity index (χ1) is 17.7. The van der Waals surface area contributed by atoms with Crippen molar-refractivity contribution in [2.24, 2.45) is 4.99 Å². The quantitative estimate of drug-likeness (QED) is 0.261. The Balaban J connectivity index is 1.49. The molecule has 4 nitrogen and oxygen atoms in total. The van der Waals surface area contributed by atoms with Crippen LogP contribution in [0.4, 0.5) is 0 Å². The average molecular weight is 464 g/mol. The molecule has 0 radical (unpaired) electrons. The Bertz CT molecular complexity index is 1950. The van der Waals surface area contributed by atoms with Crippen molar-refractivity contribution in [1.82, 2.24) is 4.98 Å². The molecular weight excluding hydrogens is 442 g/mol. The molecule has 0 N–H and O–H groups in total. The lowest BCUT2D eigenvalue weighted by Gasteiger charge is -2.16. The number of pyridine rings is 1. The van der Waals surface area contributed by atoms with Gasteiger partial charge in [0.05, 0.1) is 17.4 Å². The molecule has 0 saturated carbocycles. The monoisotopic (exact) mass is 463 g/mol. The van der Waals surface area contributed by atoms with Crippen LogP contribution in [0.2, 0.25) is 0 Å². The molecule has 6 aromatic rings. The average Bonchev–Trinajstić information content (AvgIpc) is 3.31. The molecule has 0 bridgehead atoms. The highest BCUT2D eigenvalue weighted by Gasteiger charge is 2.19. The third-order valence-corrected chi connectivity index (χ3v) is 7.02. The summed E-state index contributed by atoms with van der Waals surface area (Å²) in [4.78, 5) is 9.47. The Hall–Kier alpha value is -4.75. The maximum atomic E-state index is 9.39. The fourth-order valence-electron chi connectivity index (χ4n) is 5.48. The molecule has 4 aromatic carbocycles. The topological polar surface area (TPSA) is 62.2 Å². The van der Waals surface area contributed by atoms with E-state index in [9.17, 15) is 5.26 Å². The van der Waals surface area contributed by atoms with Gasteiger partial charge in [0, 0.05) is 16.3 Å². The molecule has 0 aliphatic carbocycles. The van der Waals surface area contributed by atoms with Crippen molar-refractivity contribution >= 4 is 54.8 Å². The SMILES string of the molecule is CC1CC(c2cccc(-c3cc4oc5ccc6ccccc6c5c4c4ccccc34)n2)=CC(C#N)=N1. The summed E-state index contributed by atoms with van der Waals surface area (Å²) in [6.45, 7) is 2.03. The van der Waals surface area contributed by atoms with Gasteiger partial charge in [0.25, 0.3) is 0 Å². The lowest BCUT2D eigenvalue weighted by molar-refractivity contribution is 0.669. The van der Waals surface area contributed by atoms with Gasteiger partial charge in [-0.15, -0.1) is 0 Å². The maximum absolute atomic E-state index is 9.39. The van der Waals surface area contributed by atoms with Crippen LogP contribution in [0.3, 0.4) is 0 Å². The first kappa shape index (κ1) is 20.6. The van der Waals surface area contributed by atoms with E-state index in [0.717, 1.165) is 61.7 Å². The van der Waals surface area contributed by atoms with Gasteiger partial charge in [-0.3, -0.25) is 4.99 Å². The van der Waals surface area contributed by atoms with Gasteiger partial charge in [-0.05, 0) is 70.8 Å². The largest absolute Gasteiger partial charge is 0.456 e. The van der Waals surface area contributed by atoms with Crippen molar-refractivity contribution < 1.29 is 4.42 Å². The number of benzene rings is 4. The molecule has 0 saturated heterocycles. The predicted octanol–water partition coefficient (Wildman–Crippen LogP) is 8.09. The van der Waals surface area contributed by atoms with Crippen LogP contribution in [-0.4, -0.2) is 16.7 Å². The summed E-state index contributed by atoms with van der Waals surface area (Å²) in [5, 5.41) is 16.4. The minimum Gasteiger partial charge on any atom is -0.456 e. The molecule has 1 aliphatic heterocycles. The van der Waals surface area contributed by atoms with Crippen molar-refractivity contribution in [3.8, 4) is 17.3 Å². The number of hydrogen-bond donors (Lipinski definition) is 0. The van der Waals surface area contributed by atoms with Crippen molar-refractivity contribution in [1.29, 1.82) is 5.26 Å². The van der Waals surface area contributed by atoms with E-state index in [4.69, 9.17) is 9.40 Å². The minimum absolute atomic E-state index is 0.0626. The number of dihydropyridines is 1. The smallest absolute Gasteiger partial charge is 0.136 e. The second-order valence-corrected chi connectivity index (χ2v) is 9.36. The van der Waals surface area contributed by atoms with E-state index in [-0.39, 0.29) is 6.04 Å². The van der Waals surface area contributed by atoms with Gasteiger partial charge in [-0.25, -0.2) is 4.98 Å². The van der Waals surface area contributed by atoms with Gasteiger partial charge in [-0.1, -0.05) is 60.7 Å². The van der Waals surface area contributed by atoms with Crippen molar-refractivity contribution in [3.63, 3.8) is 0 Å². The molecule has 36 heavy (non-hydrogen) atoms. The summed E-state index contributed by atoms with van der Waals surface area (Å²) in [5.74, 6) is 0. The Kier molecular flexibility index (Phi) is 4.52. The Labute approximate surface area is 207 Å². The minimum atomic E-state index is 0.0626. The molecule has 1 unspecified atom stereocenters. The van der Waals surface area contributed by atoms with Crippen LogP contribution < -0.4 is 0 Å². The zero-order valence-electron chi connectivity index (χ0n) is 19.7. The van der Waals surface area contributed by atoms with Gasteiger partial charge in [0.1, 0.15) is 22.9 Å². The zero-order chi connectivity index (χ0) is 24.2. The number of nitrogens with zero attached hydrogens (tertiary/aromatic N) is 3. The van der Waals surface area contributed by atoms with Gasteiger partial charge >= 0.3 is 0 Å². The van der Waals surface area contributed by atoms with Gasteiger partial charge in [0.15, 0.2) is 0 Å². The standard InChI is InChI=1S/C32H21N3O/c1-19-15-21(16-22(18-33)34-19)27-11-6-12-28(35-27)26-17-30-32(25-10-5-4-9-24(25)26)31-23-8-3-2-7-20(23)13-14-29(31)36-30/h2-14,16-17,19H,15H2,1H3. The highest BCUT2D eigenvalue weighted by Crippen LogP contribution is 2.42. The first-order valence-corrected chi connectivity index (χ1v) is 12.1. The third kappa shape index (κ3) is 3.14. The molecule has 0 amide bonds. The number of furan rings is 1. The van der Waals surface area contributed by atoms with E-state index in [2.05, 4.69) is 77.8 Å². The van der Waals surface area contributed by atoms with Crippen LogP contribution in [-0.2, 0) is 0 Å². The number of hydrogen-bond acceptors (Lipinski definition) is 4. The molecule has 1 atom stereocenters. The van der Waals surface area contributed by atoms with E-state index in [0.29, 0.717) is 5.71 Å². The number of aromatic nitrogens is 1. The van der Waals surface area contributed by atoms with E-state index >= 15 is 0 Å². The Morgan fingerprint density at radius 1 is 0.806 bits per heavy atom. The molecule has 4 heteroatoms. The molecule has 1 aliphatic rings. The normalized spacial score (nSPS) is 15.8. The molecule has 0 fully saturated rings. The summed E-state index contributed by atoms with van der Waals surface area (Å²) in [7, 11) is 0. The second kappa shape index (κ2) is 7.90. The van der Waals surface area contributed by atoms with Gasteiger partial charge in [0.2, 0.25) is 0 Å². The summed E-state index contributed by atoms with van der Waals surface area (Å²) in [5.41, 5.74) is 6.02. The van der Waals surface area contributed by atoms with Crippen LogP contribution in [0.5, 0.6) is 0 Å². The van der Waals surface area contributed by atoms with E-state index in [1.165, 1.54) is 10.8 Å². The fourth-order valence-corrected chi connectivity index (χ4v) is 5.48. The number of allylic oxidation sites excluding steroid dienone is 1. The van der Waals surface area contributed by atoms with E-state index < -0.39 is 0 Å². The van der Waals surface area contributed by atoms with Crippen LogP contribution in [0, 0.1) is 11.3 Å². The highest BCUT2D eigenvalue weighted by atomic mass is 16.3. The summed E-state index contributed by atoms with van der Waals surface area (Å²) < 4.78 is 6.43. The summed E-state index contributed by atoms with van der Waals surface area (Å²) in [6.07, 6.45) is 2.62. The van der Waals surface area contributed by atoms with E-state index in [1.807, 2.05) is 31.2 Å².